The third-order valence-electron chi connectivity index (χ3n) is 2.16. The van der Waals surface area contributed by atoms with Crippen LogP contribution in [0.15, 0.2) is 12.1 Å². The van der Waals surface area contributed by atoms with Gasteiger partial charge in [-0.15, -0.1) is 0 Å². The molecule has 0 radical (unpaired) electrons. The van der Waals surface area contributed by atoms with Crippen molar-refractivity contribution >= 4 is 11.8 Å². The Morgan fingerprint density at radius 1 is 1.18 bits per heavy atom. The molecule has 1 unspecified atom stereocenters. The maximum absolute atomic E-state index is 13.4. The molecule has 0 saturated heterocycles. The van der Waals surface area contributed by atoms with Gasteiger partial charge in [0.25, 0.3) is 0 Å². The molecule has 1 aromatic rings. The molecule has 17 heavy (non-hydrogen) atoms. The van der Waals surface area contributed by atoms with Gasteiger partial charge in [-0.3, -0.25) is 0 Å². The topological polar surface area (TPSA) is 26.0 Å². The van der Waals surface area contributed by atoms with E-state index in [1.165, 1.54) is 6.07 Å². The summed E-state index contributed by atoms with van der Waals surface area (Å²) in [5, 5.41) is 0. The highest BCUT2D eigenvalue weighted by atomic mass is 32.2. The van der Waals surface area contributed by atoms with Gasteiger partial charge >= 0.3 is 0 Å². The lowest BCUT2D eigenvalue weighted by atomic mass is 10.1. The largest absolute Gasteiger partial charge is 0.323 e. The first-order chi connectivity index (χ1) is 7.72. The van der Waals surface area contributed by atoms with Crippen molar-refractivity contribution in [3.63, 3.8) is 0 Å². The molecule has 0 aliphatic heterocycles. The van der Waals surface area contributed by atoms with E-state index in [0.717, 1.165) is 6.07 Å². The van der Waals surface area contributed by atoms with Crippen LogP contribution < -0.4 is 5.73 Å². The molecule has 1 nitrogen and oxygen atoms in total. The summed E-state index contributed by atoms with van der Waals surface area (Å²) in [6.45, 7) is 6.02. The maximum Gasteiger partial charge on any atom is 0.194 e. The van der Waals surface area contributed by atoms with Gasteiger partial charge in [-0.2, -0.15) is 11.8 Å². The number of thioether (sulfide) groups is 1. The lowest BCUT2D eigenvalue weighted by Crippen LogP contribution is -2.19. The fraction of sp³-hybridized carbons (Fsp3) is 0.500. The molecule has 0 aromatic heterocycles. The first kappa shape index (κ1) is 14.4. The van der Waals surface area contributed by atoms with Crippen molar-refractivity contribution in [1.29, 1.82) is 0 Å². The van der Waals surface area contributed by atoms with Crippen molar-refractivity contribution in [2.75, 3.05) is 5.75 Å². The van der Waals surface area contributed by atoms with Crippen molar-refractivity contribution in [1.82, 2.24) is 0 Å². The molecule has 0 heterocycles. The predicted octanol–water partition coefficient (Wildman–Crippen LogP) is 3.64. The summed E-state index contributed by atoms with van der Waals surface area (Å²) in [5.41, 5.74) is 5.79. The SMILES string of the molecule is CC(C)(C)SCC(N)c1ccc(F)c(F)c1F. The molecule has 1 aromatic carbocycles. The van der Waals surface area contributed by atoms with E-state index in [4.69, 9.17) is 5.73 Å². The van der Waals surface area contributed by atoms with Gasteiger partial charge in [0, 0.05) is 22.1 Å². The van der Waals surface area contributed by atoms with Crippen LogP contribution in [0.2, 0.25) is 0 Å². The lowest BCUT2D eigenvalue weighted by molar-refractivity contribution is 0.437. The van der Waals surface area contributed by atoms with Crippen LogP contribution in [-0.2, 0) is 0 Å². The molecule has 1 rings (SSSR count). The summed E-state index contributed by atoms with van der Waals surface area (Å²) in [6, 6.07) is 1.45. The Morgan fingerprint density at radius 3 is 2.29 bits per heavy atom. The second-order valence-electron chi connectivity index (χ2n) is 4.79. The molecular weight excluding hydrogens is 247 g/mol. The van der Waals surface area contributed by atoms with Crippen LogP contribution in [0.1, 0.15) is 32.4 Å². The van der Waals surface area contributed by atoms with Crippen LogP contribution in [-0.4, -0.2) is 10.5 Å². The summed E-state index contributed by atoms with van der Waals surface area (Å²) < 4.78 is 39.2. The standard InChI is InChI=1S/C12H16F3NS/c1-12(2,3)17-6-9(16)7-4-5-8(13)11(15)10(7)14/h4-5,9H,6,16H2,1-3H3. The lowest BCUT2D eigenvalue weighted by Gasteiger charge is -2.21. The third kappa shape index (κ3) is 3.92. The number of rotatable bonds is 3. The average molecular weight is 263 g/mol. The second-order valence-corrected chi connectivity index (χ2v) is 6.64. The first-order valence-corrected chi connectivity index (χ1v) is 6.24. The molecule has 0 amide bonds. The normalized spacial score (nSPS) is 13.8. The first-order valence-electron chi connectivity index (χ1n) is 5.25. The zero-order chi connectivity index (χ0) is 13.2. The highest BCUT2D eigenvalue weighted by Gasteiger charge is 2.20. The number of nitrogens with two attached hydrogens (primary N) is 1. The van der Waals surface area contributed by atoms with Crippen molar-refractivity contribution in [3.8, 4) is 0 Å². The maximum atomic E-state index is 13.4. The molecule has 0 aliphatic rings. The molecule has 5 heteroatoms. The van der Waals surface area contributed by atoms with E-state index in [1.807, 2.05) is 20.8 Å². The fourth-order valence-electron chi connectivity index (χ4n) is 1.26. The smallest absolute Gasteiger partial charge is 0.194 e. The molecule has 0 aliphatic carbocycles. The number of benzene rings is 1. The monoisotopic (exact) mass is 263 g/mol. The fourth-order valence-corrected chi connectivity index (χ4v) is 2.12. The number of hydrogen-bond donors (Lipinski definition) is 1. The van der Waals surface area contributed by atoms with Crippen LogP contribution >= 0.6 is 11.8 Å². The molecule has 0 bridgehead atoms. The Hall–Kier alpha value is -0.680. The molecular formula is C12H16F3NS. The quantitative estimate of drug-likeness (QED) is 0.843. The minimum Gasteiger partial charge on any atom is -0.323 e. The van der Waals surface area contributed by atoms with Crippen molar-refractivity contribution < 1.29 is 13.2 Å². The van der Waals surface area contributed by atoms with E-state index in [-0.39, 0.29) is 10.3 Å². The van der Waals surface area contributed by atoms with Crippen LogP contribution in [0.25, 0.3) is 0 Å². The number of halogens is 3. The molecule has 0 fully saturated rings. The van der Waals surface area contributed by atoms with Crippen molar-refractivity contribution in [2.45, 2.75) is 31.6 Å². The highest BCUT2D eigenvalue weighted by Crippen LogP contribution is 2.29. The van der Waals surface area contributed by atoms with E-state index in [2.05, 4.69) is 0 Å². The van der Waals surface area contributed by atoms with Crippen LogP contribution in [0.4, 0.5) is 13.2 Å². The zero-order valence-electron chi connectivity index (χ0n) is 10.1. The summed E-state index contributed by atoms with van der Waals surface area (Å²) in [7, 11) is 0. The van der Waals surface area contributed by atoms with E-state index < -0.39 is 23.5 Å². The van der Waals surface area contributed by atoms with Gasteiger partial charge in [0.2, 0.25) is 0 Å². The molecule has 0 saturated carbocycles. The van der Waals surface area contributed by atoms with E-state index in [0.29, 0.717) is 5.75 Å². The Kier molecular flexibility index (Phi) is 4.49. The zero-order valence-corrected chi connectivity index (χ0v) is 10.9. The highest BCUT2D eigenvalue weighted by molar-refractivity contribution is 8.00. The van der Waals surface area contributed by atoms with E-state index >= 15 is 0 Å². The summed E-state index contributed by atoms with van der Waals surface area (Å²) >= 11 is 1.55. The number of hydrogen-bond acceptors (Lipinski definition) is 2. The van der Waals surface area contributed by atoms with Gasteiger partial charge in [0.05, 0.1) is 0 Å². The van der Waals surface area contributed by atoms with Gasteiger partial charge in [0.15, 0.2) is 17.5 Å². The van der Waals surface area contributed by atoms with E-state index in [1.54, 1.807) is 11.8 Å². The predicted molar refractivity (Wildman–Crippen MR) is 65.5 cm³/mol. The Morgan fingerprint density at radius 2 is 1.76 bits per heavy atom. The minimum absolute atomic E-state index is 0.00727. The van der Waals surface area contributed by atoms with Gasteiger partial charge in [0.1, 0.15) is 0 Å². The molecule has 96 valence electrons. The third-order valence-corrected chi connectivity index (χ3v) is 3.55. The summed E-state index contributed by atoms with van der Waals surface area (Å²) in [5.74, 6) is -3.39. The van der Waals surface area contributed by atoms with Crippen LogP contribution in [0.5, 0.6) is 0 Å². The van der Waals surface area contributed by atoms with E-state index in [9.17, 15) is 13.2 Å². The van der Waals surface area contributed by atoms with Crippen LogP contribution in [0, 0.1) is 17.5 Å². The Bertz CT molecular complexity index is 401. The Labute approximate surface area is 104 Å². The van der Waals surface area contributed by atoms with Gasteiger partial charge in [-0.25, -0.2) is 13.2 Å². The van der Waals surface area contributed by atoms with Gasteiger partial charge in [-0.1, -0.05) is 26.8 Å². The molecule has 2 N–H and O–H groups in total. The molecule has 0 spiro atoms. The summed E-state index contributed by atoms with van der Waals surface area (Å²) in [4.78, 5) is 0. The van der Waals surface area contributed by atoms with Gasteiger partial charge in [-0.05, 0) is 6.07 Å². The average Bonchev–Trinajstić information content (AvgIpc) is 2.22. The molecule has 1 atom stereocenters. The van der Waals surface area contributed by atoms with Crippen LogP contribution in [0.3, 0.4) is 0 Å². The van der Waals surface area contributed by atoms with Crippen molar-refractivity contribution in [2.24, 2.45) is 5.73 Å². The summed E-state index contributed by atoms with van der Waals surface area (Å²) in [6.07, 6.45) is 0. The van der Waals surface area contributed by atoms with Gasteiger partial charge < -0.3 is 5.73 Å². The minimum atomic E-state index is -1.46. The second kappa shape index (κ2) is 5.31. The Balaban J connectivity index is 2.83. The van der Waals surface area contributed by atoms with Crippen molar-refractivity contribution in [3.05, 3.63) is 35.1 Å².